The fourth-order valence-electron chi connectivity index (χ4n) is 9.66. The summed E-state index contributed by atoms with van der Waals surface area (Å²) in [5.41, 5.74) is 3.99. The number of anilines is 1. The molecule has 4 saturated carbocycles. The van der Waals surface area contributed by atoms with Gasteiger partial charge in [0.05, 0.1) is 31.0 Å². The number of nitrogens with one attached hydrogen (secondary N) is 1. The highest BCUT2D eigenvalue weighted by molar-refractivity contribution is 5.86. The van der Waals surface area contributed by atoms with Crippen LogP contribution in [0.25, 0.3) is 0 Å². The lowest BCUT2D eigenvalue weighted by Gasteiger charge is -2.62. The standard InChI is InChI=1S/C28H42N4O3/c1-26(34)10-11-28(17-35-3)18(14-26)4-5-19-20-6-7-22(27(20,2)9-8-21(19)28)24(33)16-32-25-23(15-31-32)29-12-13-30-25/h12-13,18-22,31,34H,4-11,14-17H2,1-3H3/t18-,19-,20-,21-,22+,26+,27-,28+/m0/s1. The van der Waals surface area contributed by atoms with Crippen molar-refractivity contribution in [3.05, 3.63) is 18.1 Å². The predicted molar refractivity (Wildman–Crippen MR) is 133 cm³/mol. The average molecular weight is 483 g/mol. The summed E-state index contributed by atoms with van der Waals surface area (Å²) in [7, 11) is 1.86. The Kier molecular flexibility index (Phi) is 5.77. The maximum Gasteiger partial charge on any atom is 0.166 e. The molecule has 7 heteroatoms. The topological polar surface area (TPSA) is 87.6 Å². The van der Waals surface area contributed by atoms with E-state index < -0.39 is 5.60 Å². The summed E-state index contributed by atoms with van der Waals surface area (Å²) in [6.07, 6.45) is 13.2. The van der Waals surface area contributed by atoms with Gasteiger partial charge in [-0.15, -0.1) is 0 Å². The van der Waals surface area contributed by atoms with Gasteiger partial charge in [-0.05, 0) is 99.2 Å². The molecule has 4 fully saturated rings. The molecule has 1 aliphatic heterocycles. The normalized spacial score (nSPS) is 44.3. The third kappa shape index (κ3) is 3.67. The molecule has 35 heavy (non-hydrogen) atoms. The summed E-state index contributed by atoms with van der Waals surface area (Å²) in [5, 5.41) is 12.8. The van der Waals surface area contributed by atoms with Gasteiger partial charge in [0.15, 0.2) is 11.6 Å². The number of Topliss-reactive ketones (excluding diaryl/α,β-unsaturated/α-hetero) is 1. The maximum absolute atomic E-state index is 13.7. The number of carbonyl (C=O) groups is 1. The van der Waals surface area contributed by atoms with Gasteiger partial charge in [-0.1, -0.05) is 6.92 Å². The van der Waals surface area contributed by atoms with E-state index in [-0.39, 0.29) is 16.7 Å². The van der Waals surface area contributed by atoms with Gasteiger partial charge < -0.3 is 9.84 Å². The minimum absolute atomic E-state index is 0.0877. The second kappa shape index (κ2) is 8.49. The van der Waals surface area contributed by atoms with Crippen LogP contribution in [0.5, 0.6) is 0 Å². The van der Waals surface area contributed by atoms with Gasteiger partial charge >= 0.3 is 0 Å². The van der Waals surface area contributed by atoms with Gasteiger partial charge in [0.1, 0.15) is 0 Å². The molecule has 0 spiro atoms. The summed E-state index contributed by atoms with van der Waals surface area (Å²) < 4.78 is 5.90. The van der Waals surface area contributed by atoms with E-state index in [1.165, 1.54) is 25.7 Å². The lowest BCUT2D eigenvalue weighted by atomic mass is 9.43. The van der Waals surface area contributed by atoms with E-state index in [9.17, 15) is 9.90 Å². The number of nitrogens with zero attached hydrogens (tertiary/aromatic N) is 3. The van der Waals surface area contributed by atoms with E-state index in [1.54, 1.807) is 12.4 Å². The van der Waals surface area contributed by atoms with Crippen molar-refractivity contribution >= 4 is 11.6 Å². The molecule has 8 atom stereocenters. The summed E-state index contributed by atoms with van der Waals surface area (Å²) in [6.45, 7) is 6.29. The average Bonchev–Trinajstić information content (AvgIpc) is 3.40. The van der Waals surface area contributed by atoms with Crippen molar-refractivity contribution in [1.29, 1.82) is 0 Å². The Morgan fingerprint density at radius 3 is 2.77 bits per heavy atom. The van der Waals surface area contributed by atoms with Crippen molar-refractivity contribution < 1.29 is 14.6 Å². The lowest BCUT2D eigenvalue weighted by molar-refractivity contribution is -0.175. The minimum atomic E-state index is -0.532. The molecular weight excluding hydrogens is 440 g/mol. The highest BCUT2D eigenvalue weighted by Gasteiger charge is 2.63. The van der Waals surface area contributed by atoms with Crippen LogP contribution in [0.15, 0.2) is 12.4 Å². The van der Waals surface area contributed by atoms with Crippen molar-refractivity contribution in [3.63, 3.8) is 0 Å². The van der Waals surface area contributed by atoms with Gasteiger partial charge in [-0.2, -0.15) is 0 Å². The number of ether oxygens (including phenoxy) is 1. The summed E-state index contributed by atoms with van der Waals surface area (Å²) in [4.78, 5) is 22.6. The zero-order valence-corrected chi connectivity index (χ0v) is 21.6. The van der Waals surface area contributed by atoms with Crippen LogP contribution in [0.3, 0.4) is 0 Å². The van der Waals surface area contributed by atoms with Gasteiger partial charge in [-0.3, -0.25) is 14.8 Å². The van der Waals surface area contributed by atoms with Crippen LogP contribution in [0.4, 0.5) is 5.82 Å². The molecule has 0 radical (unpaired) electrons. The fraction of sp³-hybridized carbons (Fsp3) is 0.821. The van der Waals surface area contributed by atoms with Crippen LogP contribution in [0, 0.1) is 40.4 Å². The van der Waals surface area contributed by atoms with Crippen molar-refractivity contribution in [2.24, 2.45) is 40.4 Å². The van der Waals surface area contributed by atoms with Crippen LogP contribution in [0.1, 0.15) is 77.3 Å². The monoisotopic (exact) mass is 482 g/mol. The van der Waals surface area contributed by atoms with E-state index in [0.717, 1.165) is 50.2 Å². The Morgan fingerprint density at radius 2 is 1.94 bits per heavy atom. The number of aromatic nitrogens is 2. The largest absolute Gasteiger partial charge is 0.390 e. The Labute approximate surface area is 209 Å². The molecule has 2 N–H and O–H groups in total. The molecule has 5 aliphatic rings. The molecule has 192 valence electrons. The molecule has 1 aromatic rings. The van der Waals surface area contributed by atoms with Gasteiger partial charge in [0.25, 0.3) is 0 Å². The zero-order valence-electron chi connectivity index (χ0n) is 21.6. The first-order valence-corrected chi connectivity index (χ1v) is 13.8. The molecular formula is C28H42N4O3. The van der Waals surface area contributed by atoms with E-state index in [1.807, 2.05) is 19.0 Å². The van der Waals surface area contributed by atoms with E-state index in [0.29, 0.717) is 42.5 Å². The summed E-state index contributed by atoms with van der Waals surface area (Å²) in [5.74, 6) is 3.79. The lowest BCUT2D eigenvalue weighted by Crippen LogP contribution is -2.58. The Balaban J connectivity index is 1.21. The quantitative estimate of drug-likeness (QED) is 0.658. The minimum Gasteiger partial charge on any atom is -0.390 e. The van der Waals surface area contributed by atoms with E-state index in [2.05, 4.69) is 22.3 Å². The zero-order chi connectivity index (χ0) is 24.4. The number of ketones is 1. The number of hydrogen-bond acceptors (Lipinski definition) is 7. The third-order valence-corrected chi connectivity index (χ3v) is 11.2. The van der Waals surface area contributed by atoms with Crippen molar-refractivity contribution in [2.45, 2.75) is 83.8 Å². The van der Waals surface area contributed by atoms with E-state index in [4.69, 9.17) is 4.74 Å². The van der Waals surface area contributed by atoms with Gasteiger partial charge in [-0.25, -0.2) is 10.4 Å². The van der Waals surface area contributed by atoms with Crippen LogP contribution in [-0.2, 0) is 16.1 Å². The molecule has 2 heterocycles. The SMILES string of the molecule is COC[C@]12CC[C@@](C)(O)C[C@@H]1CC[C@H]1[C@@H]3CC[C@H](C(=O)CN4NCc5nccnc54)[C@@]3(C)CC[C@@H]12. The number of fused-ring (bicyclic) bond motifs is 6. The number of hydrazine groups is 1. The smallest absolute Gasteiger partial charge is 0.166 e. The Morgan fingerprint density at radius 1 is 1.11 bits per heavy atom. The molecule has 0 aromatic carbocycles. The van der Waals surface area contributed by atoms with Crippen molar-refractivity contribution in [2.75, 3.05) is 25.3 Å². The highest BCUT2D eigenvalue weighted by Crippen LogP contribution is 2.68. The first kappa shape index (κ1) is 23.8. The second-order valence-electron chi connectivity index (χ2n) is 12.9. The Hall–Kier alpha value is -1.57. The number of rotatable bonds is 5. The molecule has 4 aliphatic carbocycles. The molecule has 6 rings (SSSR count). The fourth-order valence-corrected chi connectivity index (χ4v) is 9.66. The molecule has 0 bridgehead atoms. The van der Waals surface area contributed by atoms with E-state index >= 15 is 0 Å². The van der Waals surface area contributed by atoms with Crippen LogP contribution >= 0.6 is 0 Å². The number of methoxy groups -OCH3 is 1. The van der Waals surface area contributed by atoms with Crippen molar-refractivity contribution in [3.8, 4) is 0 Å². The van der Waals surface area contributed by atoms with Crippen LogP contribution in [-0.4, -0.2) is 46.7 Å². The van der Waals surface area contributed by atoms with Crippen LogP contribution < -0.4 is 10.4 Å². The molecule has 0 saturated heterocycles. The van der Waals surface area contributed by atoms with Gasteiger partial charge in [0.2, 0.25) is 0 Å². The Bertz CT molecular complexity index is 985. The molecule has 7 nitrogen and oxygen atoms in total. The molecule has 1 aromatic heterocycles. The first-order valence-electron chi connectivity index (χ1n) is 13.8. The summed E-state index contributed by atoms with van der Waals surface area (Å²) in [6, 6.07) is 0. The van der Waals surface area contributed by atoms with Crippen LogP contribution in [0.2, 0.25) is 0 Å². The highest BCUT2D eigenvalue weighted by atomic mass is 16.5. The predicted octanol–water partition coefficient (Wildman–Crippen LogP) is 3.91. The molecule has 0 amide bonds. The summed E-state index contributed by atoms with van der Waals surface area (Å²) >= 11 is 0. The molecule has 0 unspecified atom stereocenters. The number of carbonyl (C=O) groups excluding carboxylic acids is 1. The maximum atomic E-state index is 13.7. The van der Waals surface area contributed by atoms with Gasteiger partial charge in [0, 0.05) is 25.4 Å². The number of hydrogen-bond donors (Lipinski definition) is 2. The van der Waals surface area contributed by atoms with Crippen molar-refractivity contribution in [1.82, 2.24) is 15.4 Å². The first-order chi connectivity index (χ1) is 16.8. The second-order valence-corrected chi connectivity index (χ2v) is 12.9. The third-order valence-electron chi connectivity index (χ3n) is 11.2. The number of aliphatic hydroxyl groups is 1.